The molecule has 0 aromatic heterocycles. The average molecular weight is 325 g/mol. The standard InChI is InChI=1S/C15H17ClN2O2S/c16-14-7-8-15(13-6-2-1-5-12(13)14)21(19,20)18-9-3-4-11(18)10-17/h1-2,5-8,11H,3-4,9-10,17H2. The maximum Gasteiger partial charge on any atom is 0.243 e. The van der Waals surface area contributed by atoms with Gasteiger partial charge in [0.15, 0.2) is 0 Å². The van der Waals surface area contributed by atoms with Gasteiger partial charge in [-0.2, -0.15) is 4.31 Å². The molecule has 1 fully saturated rings. The second kappa shape index (κ2) is 5.57. The maximum absolute atomic E-state index is 13.0. The Bertz CT molecular complexity index is 776. The fraction of sp³-hybridized carbons (Fsp3) is 0.333. The van der Waals surface area contributed by atoms with E-state index >= 15 is 0 Å². The van der Waals surface area contributed by atoms with Crippen LogP contribution in [0.3, 0.4) is 0 Å². The number of fused-ring (bicyclic) bond motifs is 1. The van der Waals surface area contributed by atoms with Gasteiger partial charge in [0.25, 0.3) is 0 Å². The highest BCUT2D eigenvalue weighted by Crippen LogP contribution is 2.33. The first-order chi connectivity index (χ1) is 10.1. The lowest BCUT2D eigenvalue weighted by atomic mass is 10.1. The molecule has 0 radical (unpaired) electrons. The van der Waals surface area contributed by atoms with Crippen molar-refractivity contribution in [1.29, 1.82) is 0 Å². The highest BCUT2D eigenvalue weighted by Gasteiger charge is 2.35. The number of nitrogens with two attached hydrogens (primary N) is 1. The van der Waals surface area contributed by atoms with Gasteiger partial charge in [-0.05, 0) is 25.0 Å². The van der Waals surface area contributed by atoms with Gasteiger partial charge in [0.2, 0.25) is 10.0 Å². The van der Waals surface area contributed by atoms with E-state index < -0.39 is 10.0 Å². The van der Waals surface area contributed by atoms with Crippen molar-refractivity contribution >= 4 is 32.4 Å². The van der Waals surface area contributed by atoms with Crippen molar-refractivity contribution in [1.82, 2.24) is 4.31 Å². The Balaban J connectivity index is 2.18. The Morgan fingerprint density at radius 1 is 1.19 bits per heavy atom. The molecule has 6 heteroatoms. The van der Waals surface area contributed by atoms with E-state index in [1.165, 1.54) is 4.31 Å². The van der Waals surface area contributed by atoms with Gasteiger partial charge in [0, 0.05) is 34.9 Å². The third kappa shape index (κ3) is 2.44. The molecule has 112 valence electrons. The van der Waals surface area contributed by atoms with Crippen LogP contribution in [0.15, 0.2) is 41.3 Å². The van der Waals surface area contributed by atoms with Crippen LogP contribution in [0.5, 0.6) is 0 Å². The van der Waals surface area contributed by atoms with E-state index in [2.05, 4.69) is 0 Å². The van der Waals surface area contributed by atoms with Crippen LogP contribution in [0.25, 0.3) is 10.8 Å². The Morgan fingerprint density at radius 2 is 1.90 bits per heavy atom. The summed E-state index contributed by atoms with van der Waals surface area (Å²) >= 11 is 6.17. The highest BCUT2D eigenvalue weighted by atomic mass is 35.5. The second-order valence-electron chi connectivity index (χ2n) is 5.24. The number of hydrogen-bond donors (Lipinski definition) is 1. The van der Waals surface area contributed by atoms with Crippen molar-refractivity contribution in [3.8, 4) is 0 Å². The summed E-state index contributed by atoms with van der Waals surface area (Å²) in [5.74, 6) is 0. The largest absolute Gasteiger partial charge is 0.329 e. The Kier molecular flexibility index (Phi) is 3.92. The topological polar surface area (TPSA) is 63.4 Å². The monoisotopic (exact) mass is 324 g/mol. The third-order valence-electron chi connectivity index (χ3n) is 4.01. The molecule has 1 aliphatic rings. The molecular formula is C15H17ClN2O2S. The van der Waals surface area contributed by atoms with E-state index in [-0.39, 0.29) is 6.04 Å². The van der Waals surface area contributed by atoms with Gasteiger partial charge in [-0.15, -0.1) is 0 Å². The van der Waals surface area contributed by atoms with Crippen LogP contribution in [-0.4, -0.2) is 31.9 Å². The Morgan fingerprint density at radius 3 is 2.62 bits per heavy atom. The lowest BCUT2D eigenvalue weighted by Crippen LogP contribution is -2.39. The summed E-state index contributed by atoms with van der Waals surface area (Å²) in [6.45, 7) is 0.881. The van der Waals surface area contributed by atoms with Gasteiger partial charge in [0.05, 0.1) is 4.90 Å². The molecule has 2 aromatic carbocycles. The van der Waals surface area contributed by atoms with Gasteiger partial charge in [-0.25, -0.2) is 8.42 Å². The van der Waals surface area contributed by atoms with Crippen LogP contribution in [0.1, 0.15) is 12.8 Å². The Labute approximate surface area is 129 Å². The van der Waals surface area contributed by atoms with Crippen LogP contribution in [0.4, 0.5) is 0 Å². The van der Waals surface area contributed by atoms with Crippen molar-refractivity contribution in [3.63, 3.8) is 0 Å². The van der Waals surface area contributed by atoms with E-state index in [0.29, 0.717) is 28.4 Å². The molecule has 1 heterocycles. The quantitative estimate of drug-likeness (QED) is 0.944. The summed E-state index contributed by atoms with van der Waals surface area (Å²) in [4.78, 5) is 0.308. The van der Waals surface area contributed by atoms with Gasteiger partial charge >= 0.3 is 0 Å². The van der Waals surface area contributed by atoms with Gasteiger partial charge < -0.3 is 5.73 Å². The van der Waals surface area contributed by atoms with E-state index in [4.69, 9.17) is 17.3 Å². The molecule has 0 bridgehead atoms. The molecule has 0 amide bonds. The van der Waals surface area contributed by atoms with E-state index in [1.807, 2.05) is 18.2 Å². The number of nitrogens with zero attached hydrogens (tertiary/aromatic N) is 1. The summed E-state index contributed by atoms with van der Waals surface area (Å²) in [7, 11) is -3.55. The zero-order chi connectivity index (χ0) is 15.0. The predicted molar refractivity (Wildman–Crippen MR) is 84.9 cm³/mol. The lowest BCUT2D eigenvalue weighted by Gasteiger charge is -2.23. The molecule has 3 rings (SSSR count). The summed E-state index contributed by atoms with van der Waals surface area (Å²) in [6, 6.07) is 10.4. The summed E-state index contributed by atoms with van der Waals surface area (Å²) in [6.07, 6.45) is 1.67. The molecule has 1 unspecified atom stereocenters. The minimum Gasteiger partial charge on any atom is -0.329 e. The fourth-order valence-electron chi connectivity index (χ4n) is 2.95. The van der Waals surface area contributed by atoms with E-state index in [1.54, 1.807) is 18.2 Å². The molecule has 4 nitrogen and oxygen atoms in total. The lowest BCUT2D eigenvalue weighted by molar-refractivity contribution is 0.393. The number of rotatable bonds is 3. The molecular weight excluding hydrogens is 308 g/mol. The number of halogens is 1. The number of hydrogen-bond acceptors (Lipinski definition) is 3. The number of benzene rings is 2. The molecule has 0 spiro atoms. The van der Waals surface area contributed by atoms with Crippen molar-refractivity contribution in [3.05, 3.63) is 41.4 Å². The SMILES string of the molecule is NCC1CCCN1S(=O)(=O)c1ccc(Cl)c2ccccc12. The zero-order valence-corrected chi connectivity index (χ0v) is 13.1. The third-order valence-corrected chi connectivity index (χ3v) is 6.35. The first-order valence-electron chi connectivity index (χ1n) is 6.95. The summed E-state index contributed by atoms with van der Waals surface area (Å²) in [5.41, 5.74) is 5.71. The molecule has 2 aromatic rings. The maximum atomic E-state index is 13.0. The fourth-order valence-corrected chi connectivity index (χ4v) is 5.08. The van der Waals surface area contributed by atoms with Gasteiger partial charge in [-0.3, -0.25) is 0 Å². The molecule has 21 heavy (non-hydrogen) atoms. The minimum absolute atomic E-state index is 0.107. The molecule has 2 N–H and O–H groups in total. The van der Waals surface area contributed by atoms with Crippen molar-refractivity contribution in [2.24, 2.45) is 5.73 Å². The molecule has 0 saturated carbocycles. The second-order valence-corrected chi connectivity index (χ2v) is 7.50. The van der Waals surface area contributed by atoms with Crippen LogP contribution in [0.2, 0.25) is 5.02 Å². The van der Waals surface area contributed by atoms with E-state index in [9.17, 15) is 8.42 Å². The predicted octanol–water partition coefficient (Wildman–Crippen LogP) is 2.61. The smallest absolute Gasteiger partial charge is 0.243 e. The van der Waals surface area contributed by atoms with Crippen LogP contribution in [0, 0.1) is 0 Å². The summed E-state index contributed by atoms with van der Waals surface area (Å²) in [5, 5.41) is 1.97. The van der Waals surface area contributed by atoms with Gasteiger partial charge in [-0.1, -0.05) is 35.9 Å². The first kappa shape index (κ1) is 14.8. The number of sulfonamides is 1. The van der Waals surface area contributed by atoms with E-state index in [0.717, 1.165) is 18.2 Å². The zero-order valence-electron chi connectivity index (χ0n) is 11.5. The van der Waals surface area contributed by atoms with Crippen LogP contribution >= 0.6 is 11.6 Å². The molecule has 0 aliphatic carbocycles. The molecule has 1 aliphatic heterocycles. The molecule has 1 atom stereocenters. The van der Waals surface area contributed by atoms with Crippen LogP contribution in [-0.2, 0) is 10.0 Å². The van der Waals surface area contributed by atoms with Gasteiger partial charge in [0.1, 0.15) is 0 Å². The summed E-state index contributed by atoms with van der Waals surface area (Å²) < 4.78 is 27.4. The Hall–Kier alpha value is -1.14. The van der Waals surface area contributed by atoms with Crippen molar-refractivity contribution in [2.75, 3.05) is 13.1 Å². The first-order valence-corrected chi connectivity index (χ1v) is 8.76. The van der Waals surface area contributed by atoms with Crippen LogP contribution < -0.4 is 5.73 Å². The van der Waals surface area contributed by atoms with Crippen molar-refractivity contribution < 1.29 is 8.42 Å². The molecule has 1 saturated heterocycles. The minimum atomic E-state index is -3.55. The highest BCUT2D eigenvalue weighted by molar-refractivity contribution is 7.89. The van der Waals surface area contributed by atoms with Crippen molar-refractivity contribution in [2.45, 2.75) is 23.8 Å². The normalized spacial score (nSPS) is 20.2. The average Bonchev–Trinajstić information content (AvgIpc) is 2.97.